The number of likely N-dealkylation sites (tertiary alicyclic amines) is 1. The van der Waals surface area contributed by atoms with E-state index in [2.05, 4.69) is 27.7 Å². The predicted molar refractivity (Wildman–Crippen MR) is 112 cm³/mol. The number of hydrogen-bond donors (Lipinski definition) is 2. The Balaban J connectivity index is 1.36. The van der Waals surface area contributed by atoms with E-state index >= 15 is 0 Å². The summed E-state index contributed by atoms with van der Waals surface area (Å²) >= 11 is 0. The lowest BCUT2D eigenvalue weighted by Gasteiger charge is -2.23. The number of nitrogens with zero attached hydrogens (tertiary/aromatic N) is 3. The van der Waals surface area contributed by atoms with Crippen LogP contribution in [-0.2, 0) is 4.74 Å². The molecule has 1 unspecified atom stereocenters. The highest BCUT2D eigenvalue weighted by molar-refractivity contribution is 5.74. The third kappa shape index (κ3) is 4.97. The second kappa shape index (κ2) is 9.41. The van der Waals surface area contributed by atoms with Gasteiger partial charge in [-0.15, -0.1) is 0 Å². The van der Waals surface area contributed by atoms with Crippen LogP contribution in [0, 0.1) is 5.92 Å². The summed E-state index contributed by atoms with van der Waals surface area (Å²) in [6.07, 6.45) is 6.03. The molecule has 2 fully saturated rings. The second-order valence-corrected chi connectivity index (χ2v) is 8.17. The van der Waals surface area contributed by atoms with Crippen LogP contribution in [0.3, 0.4) is 0 Å². The molecule has 3 atom stereocenters. The largest absolute Gasteiger partial charge is 0.370 e. The Hall–Kier alpha value is -2.38. The number of para-hydroxylation sites is 1. The van der Waals surface area contributed by atoms with Gasteiger partial charge in [-0.3, -0.25) is 0 Å². The molecule has 7 heteroatoms. The minimum Gasteiger partial charge on any atom is -0.370 e. The first kappa shape index (κ1) is 19.9. The summed E-state index contributed by atoms with van der Waals surface area (Å²) in [6, 6.07) is 11.8. The topological polar surface area (TPSA) is 71.4 Å². The quantitative estimate of drug-likeness (QED) is 0.814. The fraction of sp³-hybridized carbons (Fsp3) is 0.545. The highest BCUT2D eigenvalue weighted by Crippen LogP contribution is 2.30. The van der Waals surface area contributed by atoms with E-state index in [1.165, 1.54) is 19.3 Å². The fourth-order valence-electron chi connectivity index (χ4n) is 4.40. The zero-order valence-corrected chi connectivity index (χ0v) is 17.1. The van der Waals surface area contributed by atoms with Crippen LogP contribution in [0.25, 0.3) is 5.69 Å². The Morgan fingerprint density at radius 1 is 1.21 bits per heavy atom. The van der Waals surface area contributed by atoms with Gasteiger partial charge < -0.3 is 20.3 Å². The number of carbonyl (C=O) groups is 1. The molecule has 4 rings (SSSR count). The summed E-state index contributed by atoms with van der Waals surface area (Å²) in [5, 5.41) is 10.7. The van der Waals surface area contributed by atoms with Crippen molar-refractivity contribution in [3.63, 3.8) is 0 Å². The van der Waals surface area contributed by atoms with Crippen LogP contribution >= 0.6 is 0 Å². The Labute approximate surface area is 172 Å². The third-order valence-corrected chi connectivity index (χ3v) is 5.90. The van der Waals surface area contributed by atoms with Crippen LogP contribution in [0.5, 0.6) is 0 Å². The monoisotopic (exact) mass is 397 g/mol. The van der Waals surface area contributed by atoms with Gasteiger partial charge in [-0.2, -0.15) is 5.10 Å². The van der Waals surface area contributed by atoms with Crippen LogP contribution in [0.2, 0.25) is 0 Å². The lowest BCUT2D eigenvalue weighted by molar-refractivity contribution is 0.0946. The van der Waals surface area contributed by atoms with E-state index in [4.69, 9.17) is 4.74 Å². The van der Waals surface area contributed by atoms with Crippen molar-refractivity contribution in [3.8, 4) is 5.69 Å². The van der Waals surface area contributed by atoms with E-state index in [9.17, 15) is 4.79 Å². The smallest absolute Gasteiger partial charge is 0.315 e. The maximum atomic E-state index is 12.6. The number of benzene rings is 1. The van der Waals surface area contributed by atoms with E-state index in [0.29, 0.717) is 12.5 Å². The zero-order chi connectivity index (χ0) is 20.1. The summed E-state index contributed by atoms with van der Waals surface area (Å²) in [4.78, 5) is 14.9. The summed E-state index contributed by atoms with van der Waals surface area (Å²) in [5.41, 5.74) is 1.95. The molecule has 0 radical (unpaired) electrons. The number of urea groups is 1. The summed E-state index contributed by atoms with van der Waals surface area (Å²) in [6.45, 7) is 3.55. The molecule has 2 aliphatic rings. The lowest BCUT2D eigenvalue weighted by Crippen LogP contribution is -2.45. The van der Waals surface area contributed by atoms with Crippen molar-refractivity contribution in [1.29, 1.82) is 0 Å². The molecular formula is C22H31N5O2. The van der Waals surface area contributed by atoms with E-state index in [-0.39, 0.29) is 18.2 Å². The van der Waals surface area contributed by atoms with Gasteiger partial charge in [0.15, 0.2) is 0 Å². The molecule has 7 nitrogen and oxygen atoms in total. The van der Waals surface area contributed by atoms with E-state index in [0.717, 1.165) is 37.4 Å². The van der Waals surface area contributed by atoms with E-state index in [1.807, 2.05) is 41.1 Å². The number of nitrogens with one attached hydrogen (secondary N) is 2. The van der Waals surface area contributed by atoms with Gasteiger partial charge in [-0.05, 0) is 57.0 Å². The second-order valence-electron chi connectivity index (χ2n) is 8.17. The molecule has 0 bridgehead atoms. The SMILES string of the molecule is CN1CCCCC(CNC(=O)N[C@@H]2CCO[C@H]2c2ccnn2-c2ccccc2)C1. The molecule has 2 N–H and O–H groups in total. The average Bonchev–Trinajstić information content (AvgIpc) is 3.34. The molecule has 0 spiro atoms. The molecule has 2 aliphatic heterocycles. The molecule has 3 heterocycles. The first-order chi connectivity index (χ1) is 14.2. The number of carbonyl (C=O) groups excluding carboxylic acids is 1. The molecule has 0 saturated carbocycles. The lowest BCUT2D eigenvalue weighted by atomic mass is 10.0. The van der Waals surface area contributed by atoms with Crippen LogP contribution < -0.4 is 10.6 Å². The minimum absolute atomic E-state index is 0.0639. The zero-order valence-electron chi connectivity index (χ0n) is 17.1. The molecule has 2 aromatic rings. The van der Waals surface area contributed by atoms with Crippen molar-refractivity contribution in [3.05, 3.63) is 48.3 Å². The first-order valence-electron chi connectivity index (χ1n) is 10.6. The molecule has 1 aromatic heterocycles. The molecule has 0 aliphatic carbocycles. The van der Waals surface area contributed by atoms with Gasteiger partial charge in [0, 0.05) is 25.9 Å². The molecule has 29 heavy (non-hydrogen) atoms. The number of rotatable bonds is 5. The molecule has 2 amide bonds. The van der Waals surface area contributed by atoms with Crippen molar-refractivity contribution in [2.45, 2.75) is 37.8 Å². The predicted octanol–water partition coefficient (Wildman–Crippen LogP) is 2.73. The van der Waals surface area contributed by atoms with Crippen molar-refractivity contribution in [2.24, 2.45) is 5.92 Å². The average molecular weight is 398 g/mol. The summed E-state index contributed by atoms with van der Waals surface area (Å²) in [5.74, 6) is 0.517. The minimum atomic E-state index is -0.201. The summed E-state index contributed by atoms with van der Waals surface area (Å²) in [7, 11) is 2.16. The van der Waals surface area contributed by atoms with Crippen molar-refractivity contribution < 1.29 is 9.53 Å². The van der Waals surface area contributed by atoms with Crippen LogP contribution in [0.15, 0.2) is 42.6 Å². The number of aromatic nitrogens is 2. The number of amides is 2. The summed E-state index contributed by atoms with van der Waals surface area (Å²) < 4.78 is 7.88. The molecule has 1 aromatic carbocycles. The Morgan fingerprint density at radius 2 is 2.07 bits per heavy atom. The Bertz CT molecular complexity index is 794. The number of ether oxygens (including phenoxy) is 1. The van der Waals surface area contributed by atoms with E-state index < -0.39 is 0 Å². The standard InChI is InChI=1S/C22H31N5O2/c1-26-13-6-5-7-17(16-26)15-23-22(28)25-19-11-14-29-21(19)20-10-12-24-27(20)18-8-3-2-4-9-18/h2-4,8-10,12,17,19,21H,5-7,11,13-16H2,1H3,(H2,23,25,28)/t17?,19-,21-/m1/s1. The van der Waals surface area contributed by atoms with E-state index in [1.54, 1.807) is 6.20 Å². The Morgan fingerprint density at radius 3 is 2.93 bits per heavy atom. The van der Waals surface area contributed by atoms with Gasteiger partial charge in [0.1, 0.15) is 6.10 Å². The van der Waals surface area contributed by atoms with Crippen molar-refractivity contribution in [2.75, 3.05) is 33.3 Å². The molecule has 2 saturated heterocycles. The highest BCUT2D eigenvalue weighted by Gasteiger charge is 2.33. The van der Waals surface area contributed by atoms with Gasteiger partial charge in [0.2, 0.25) is 0 Å². The number of hydrogen-bond acceptors (Lipinski definition) is 4. The maximum Gasteiger partial charge on any atom is 0.315 e. The fourth-order valence-corrected chi connectivity index (χ4v) is 4.40. The normalized spacial score (nSPS) is 25.5. The van der Waals surface area contributed by atoms with Crippen LogP contribution in [0.4, 0.5) is 4.79 Å². The molecule has 156 valence electrons. The van der Waals surface area contributed by atoms with Gasteiger partial charge in [0.05, 0.1) is 17.4 Å². The van der Waals surface area contributed by atoms with Crippen LogP contribution in [-0.4, -0.2) is 60.0 Å². The van der Waals surface area contributed by atoms with Gasteiger partial charge in [-0.1, -0.05) is 24.6 Å². The maximum absolute atomic E-state index is 12.6. The first-order valence-corrected chi connectivity index (χ1v) is 10.6. The van der Waals surface area contributed by atoms with Gasteiger partial charge >= 0.3 is 6.03 Å². The highest BCUT2D eigenvalue weighted by atomic mass is 16.5. The molecular weight excluding hydrogens is 366 g/mol. The third-order valence-electron chi connectivity index (χ3n) is 5.90. The van der Waals surface area contributed by atoms with Gasteiger partial charge in [0.25, 0.3) is 0 Å². The van der Waals surface area contributed by atoms with Crippen LogP contribution in [0.1, 0.15) is 37.5 Å². The van der Waals surface area contributed by atoms with Gasteiger partial charge in [-0.25, -0.2) is 9.48 Å². The van der Waals surface area contributed by atoms with Crippen molar-refractivity contribution in [1.82, 2.24) is 25.3 Å². The Kier molecular flexibility index (Phi) is 6.46. The van der Waals surface area contributed by atoms with Crippen molar-refractivity contribution >= 4 is 6.03 Å².